The summed E-state index contributed by atoms with van der Waals surface area (Å²) in [6.07, 6.45) is 52.5. The van der Waals surface area contributed by atoms with Crippen molar-refractivity contribution in [3.8, 4) is 0 Å². The Balaban J connectivity index is 3.85. The van der Waals surface area contributed by atoms with Crippen LogP contribution in [0.25, 0.3) is 0 Å². The number of ether oxygens (including phenoxy) is 1. The molecule has 0 saturated heterocycles. The minimum Gasteiger partial charge on any atom is -0.481 e. The van der Waals surface area contributed by atoms with E-state index in [1.54, 1.807) is 0 Å². The zero-order valence-corrected chi connectivity index (χ0v) is 34.0. The summed E-state index contributed by atoms with van der Waals surface area (Å²) in [4.78, 5) is 23.5. The first kappa shape index (κ1) is 48.7. The monoisotopic (exact) mass is 705 g/mol. The van der Waals surface area contributed by atoms with Crippen LogP contribution in [0, 0.1) is 0 Å². The third-order valence-corrected chi connectivity index (χ3v) is 10.5. The first-order valence-electron chi connectivity index (χ1n) is 22.7. The predicted molar refractivity (Wildman–Crippen MR) is 218 cm³/mol. The topological polar surface area (TPSA) is 63.6 Å². The number of allylic oxidation sites excluding steroid dienone is 2. The van der Waals surface area contributed by atoms with Gasteiger partial charge < -0.3 is 9.84 Å². The maximum atomic E-state index is 12.7. The lowest BCUT2D eigenvalue weighted by Gasteiger charge is -2.18. The van der Waals surface area contributed by atoms with Crippen molar-refractivity contribution < 1.29 is 19.4 Å². The molecular formula is C46H88O4. The van der Waals surface area contributed by atoms with Crippen molar-refractivity contribution >= 4 is 11.9 Å². The third kappa shape index (κ3) is 41.1. The quantitative estimate of drug-likeness (QED) is 0.0390. The first-order chi connectivity index (χ1) is 24.6. The average molecular weight is 705 g/mol. The van der Waals surface area contributed by atoms with Crippen molar-refractivity contribution in [2.45, 2.75) is 270 Å². The van der Waals surface area contributed by atoms with Crippen molar-refractivity contribution in [2.75, 3.05) is 0 Å². The van der Waals surface area contributed by atoms with Crippen LogP contribution in [0.15, 0.2) is 12.2 Å². The Morgan fingerprint density at radius 3 is 1.08 bits per heavy atom. The molecular weight excluding hydrogens is 617 g/mol. The largest absolute Gasteiger partial charge is 0.481 e. The van der Waals surface area contributed by atoms with Crippen LogP contribution in [0.3, 0.4) is 0 Å². The number of unbranched alkanes of at least 4 members (excludes halogenated alkanes) is 31. The van der Waals surface area contributed by atoms with Crippen LogP contribution < -0.4 is 0 Å². The van der Waals surface area contributed by atoms with E-state index in [1.165, 1.54) is 180 Å². The van der Waals surface area contributed by atoms with Gasteiger partial charge in [0.25, 0.3) is 0 Å². The second kappa shape index (κ2) is 42.1. The Bertz CT molecular complexity index is 717. The van der Waals surface area contributed by atoms with Crippen LogP contribution in [0.4, 0.5) is 0 Å². The fourth-order valence-electron chi connectivity index (χ4n) is 7.12. The molecule has 0 bridgehead atoms. The van der Waals surface area contributed by atoms with E-state index in [-0.39, 0.29) is 18.5 Å². The van der Waals surface area contributed by atoms with Gasteiger partial charge in [0.1, 0.15) is 6.10 Å². The van der Waals surface area contributed by atoms with E-state index in [0.29, 0.717) is 6.42 Å². The smallest absolute Gasteiger partial charge is 0.306 e. The standard InChI is InChI=1S/C46H88O4/c1-3-5-7-9-11-13-15-17-18-19-20-21-22-23-24-25-27-29-31-33-39-43-46(49)50-44(41-37-34-35-38-42-45(47)48)40-36-32-30-28-26-16-14-12-10-8-6-4-2/h17-18,44H,3-16,19-43H2,1-2H3,(H,47,48)/b18-17-. The number of carbonyl (C=O) groups is 2. The Labute approximate surface area is 313 Å². The second-order valence-electron chi connectivity index (χ2n) is 15.6. The molecule has 0 heterocycles. The van der Waals surface area contributed by atoms with Crippen molar-refractivity contribution in [1.29, 1.82) is 0 Å². The summed E-state index contributed by atoms with van der Waals surface area (Å²) >= 11 is 0. The summed E-state index contributed by atoms with van der Waals surface area (Å²) < 4.78 is 6.00. The van der Waals surface area contributed by atoms with E-state index >= 15 is 0 Å². The molecule has 0 aliphatic heterocycles. The molecule has 0 amide bonds. The lowest BCUT2D eigenvalue weighted by molar-refractivity contribution is -0.150. The third-order valence-electron chi connectivity index (χ3n) is 10.5. The highest BCUT2D eigenvalue weighted by molar-refractivity contribution is 5.69. The van der Waals surface area contributed by atoms with Gasteiger partial charge in [0.2, 0.25) is 0 Å². The molecule has 1 N–H and O–H groups in total. The fraction of sp³-hybridized carbons (Fsp3) is 0.913. The van der Waals surface area contributed by atoms with Gasteiger partial charge in [-0.25, -0.2) is 0 Å². The lowest BCUT2D eigenvalue weighted by Crippen LogP contribution is -2.18. The molecule has 1 unspecified atom stereocenters. The number of carboxylic acid groups (broad SMARTS) is 1. The first-order valence-corrected chi connectivity index (χ1v) is 22.7. The van der Waals surface area contributed by atoms with Gasteiger partial charge in [0.15, 0.2) is 0 Å². The number of carboxylic acids is 1. The molecule has 296 valence electrons. The van der Waals surface area contributed by atoms with Crippen LogP contribution in [0.5, 0.6) is 0 Å². The molecule has 50 heavy (non-hydrogen) atoms. The Hall–Kier alpha value is -1.32. The van der Waals surface area contributed by atoms with Gasteiger partial charge in [-0.1, -0.05) is 199 Å². The molecule has 0 aromatic heterocycles. The molecule has 0 rings (SSSR count). The highest BCUT2D eigenvalue weighted by atomic mass is 16.5. The molecule has 0 saturated carbocycles. The molecule has 0 aliphatic carbocycles. The Morgan fingerprint density at radius 2 is 0.720 bits per heavy atom. The van der Waals surface area contributed by atoms with E-state index in [2.05, 4.69) is 26.0 Å². The van der Waals surface area contributed by atoms with Gasteiger partial charge in [-0.2, -0.15) is 0 Å². The van der Waals surface area contributed by atoms with Gasteiger partial charge >= 0.3 is 11.9 Å². The second-order valence-corrected chi connectivity index (χ2v) is 15.6. The molecule has 4 nitrogen and oxygen atoms in total. The Morgan fingerprint density at radius 1 is 0.420 bits per heavy atom. The summed E-state index contributed by atoms with van der Waals surface area (Å²) in [5.74, 6) is -0.713. The summed E-state index contributed by atoms with van der Waals surface area (Å²) in [5, 5.41) is 8.87. The van der Waals surface area contributed by atoms with Gasteiger partial charge in [-0.15, -0.1) is 0 Å². The number of esters is 1. The van der Waals surface area contributed by atoms with E-state index < -0.39 is 5.97 Å². The number of hydrogen-bond donors (Lipinski definition) is 1. The molecule has 1 atom stereocenters. The summed E-state index contributed by atoms with van der Waals surface area (Å²) in [5.41, 5.74) is 0. The Kier molecular flexibility index (Phi) is 41.0. The van der Waals surface area contributed by atoms with E-state index in [1.807, 2.05) is 0 Å². The molecule has 0 aromatic carbocycles. The van der Waals surface area contributed by atoms with Gasteiger partial charge in [-0.3, -0.25) is 9.59 Å². The van der Waals surface area contributed by atoms with Crippen LogP contribution >= 0.6 is 0 Å². The van der Waals surface area contributed by atoms with E-state index in [9.17, 15) is 9.59 Å². The van der Waals surface area contributed by atoms with Crippen molar-refractivity contribution in [3.63, 3.8) is 0 Å². The van der Waals surface area contributed by atoms with Crippen LogP contribution in [0.2, 0.25) is 0 Å². The average Bonchev–Trinajstić information content (AvgIpc) is 3.10. The van der Waals surface area contributed by atoms with E-state index in [0.717, 1.165) is 57.8 Å². The van der Waals surface area contributed by atoms with Crippen molar-refractivity contribution in [2.24, 2.45) is 0 Å². The minimum absolute atomic E-state index is 0.00638. The van der Waals surface area contributed by atoms with Gasteiger partial charge in [0, 0.05) is 12.8 Å². The van der Waals surface area contributed by atoms with Crippen LogP contribution in [-0.2, 0) is 14.3 Å². The van der Waals surface area contributed by atoms with E-state index in [4.69, 9.17) is 9.84 Å². The summed E-state index contributed by atoms with van der Waals surface area (Å²) in [6.45, 7) is 4.56. The van der Waals surface area contributed by atoms with Crippen molar-refractivity contribution in [1.82, 2.24) is 0 Å². The number of carbonyl (C=O) groups excluding carboxylic acids is 1. The number of rotatable bonds is 42. The van der Waals surface area contributed by atoms with Crippen LogP contribution in [0.1, 0.15) is 264 Å². The number of hydrogen-bond acceptors (Lipinski definition) is 3. The molecule has 0 fully saturated rings. The van der Waals surface area contributed by atoms with Crippen molar-refractivity contribution in [3.05, 3.63) is 12.2 Å². The predicted octanol–water partition coefficient (Wildman–Crippen LogP) is 15.8. The molecule has 0 aliphatic rings. The molecule has 0 spiro atoms. The summed E-state index contributed by atoms with van der Waals surface area (Å²) in [7, 11) is 0. The highest BCUT2D eigenvalue weighted by Crippen LogP contribution is 2.19. The zero-order chi connectivity index (χ0) is 36.4. The molecule has 4 heteroatoms. The highest BCUT2D eigenvalue weighted by Gasteiger charge is 2.14. The minimum atomic E-state index is -0.706. The maximum Gasteiger partial charge on any atom is 0.306 e. The normalized spacial score (nSPS) is 12.2. The zero-order valence-electron chi connectivity index (χ0n) is 34.0. The maximum absolute atomic E-state index is 12.7. The SMILES string of the molecule is CCCCCCCC/C=C\CCCCCCCCCCCCCC(=O)OC(CCCCCCCCCCCCCC)CCCCCCC(=O)O. The van der Waals surface area contributed by atoms with Gasteiger partial charge in [0.05, 0.1) is 0 Å². The number of aliphatic carboxylic acids is 1. The fourth-order valence-corrected chi connectivity index (χ4v) is 7.12. The molecule has 0 aromatic rings. The lowest BCUT2D eigenvalue weighted by atomic mass is 10.0. The summed E-state index contributed by atoms with van der Waals surface area (Å²) in [6, 6.07) is 0. The van der Waals surface area contributed by atoms with Crippen LogP contribution in [-0.4, -0.2) is 23.1 Å². The molecule has 0 radical (unpaired) electrons. The van der Waals surface area contributed by atoms with Gasteiger partial charge in [-0.05, 0) is 64.2 Å².